The van der Waals surface area contributed by atoms with Crippen LogP contribution in [-0.2, 0) is 0 Å². The lowest BCUT2D eigenvalue weighted by Crippen LogP contribution is -2.15. The molecule has 16 heavy (non-hydrogen) atoms. The zero-order valence-electron chi connectivity index (χ0n) is 9.35. The quantitative estimate of drug-likeness (QED) is 0.612. The predicted octanol–water partition coefficient (Wildman–Crippen LogP) is 3.20. The first-order chi connectivity index (χ1) is 7.65. The summed E-state index contributed by atoms with van der Waals surface area (Å²) in [7, 11) is 0. The Kier molecular flexibility index (Phi) is 3.08. The standard InChI is InChI=1S/C12H16N2O2/c1-9(7-10-5-6-10)13-11-3-2-4-12(8-11)14(15)16/h2-4,8-10,13H,5-7H2,1H3. The first-order valence-corrected chi connectivity index (χ1v) is 5.66. The van der Waals surface area contributed by atoms with Crippen LogP contribution in [0.4, 0.5) is 11.4 Å². The van der Waals surface area contributed by atoms with E-state index in [0.717, 1.165) is 18.0 Å². The maximum atomic E-state index is 10.6. The van der Waals surface area contributed by atoms with E-state index in [0.29, 0.717) is 6.04 Å². The Morgan fingerprint density at radius 1 is 1.56 bits per heavy atom. The number of hydrogen-bond donors (Lipinski definition) is 1. The zero-order chi connectivity index (χ0) is 11.5. The zero-order valence-corrected chi connectivity index (χ0v) is 9.35. The third-order valence-corrected chi connectivity index (χ3v) is 2.85. The van der Waals surface area contributed by atoms with Crippen molar-refractivity contribution in [1.29, 1.82) is 0 Å². The fourth-order valence-corrected chi connectivity index (χ4v) is 1.91. The Balaban J connectivity index is 1.96. The smallest absolute Gasteiger partial charge is 0.271 e. The van der Waals surface area contributed by atoms with Gasteiger partial charge in [0.2, 0.25) is 0 Å². The number of rotatable bonds is 5. The molecule has 0 aliphatic heterocycles. The second kappa shape index (κ2) is 4.51. The molecule has 1 unspecified atom stereocenters. The van der Waals surface area contributed by atoms with Crippen LogP contribution in [0.3, 0.4) is 0 Å². The molecule has 0 amide bonds. The molecule has 0 bridgehead atoms. The summed E-state index contributed by atoms with van der Waals surface area (Å²) in [4.78, 5) is 10.2. The molecule has 1 aromatic carbocycles. The second-order valence-corrected chi connectivity index (χ2v) is 4.53. The minimum Gasteiger partial charge on any atom is -0.382 e. The number of nitro benzene ring substituents is 1. The van der Waals surface area contributed by atoms with Crippen LogP contribution in [0.15, 0.2) is 24.3 Å². The van der Waals surface area contributed by atoms with Crippen molar-refractivity contribution < 1.29 is 4.92 Å². The minimum absolute atomic E-state index is 0.142. The summed E-state index contributed by atoms with van der Waals surface area (Å²) >= 11 is 0. The van der Waals surface area contributed by atoms with Crippen molar-refractivity contribution >= 4 is 11.4 Å². The van der Waals surface area contributed by atoms with E-state index in [1.165, 1.54) is 18.9 Å². The van der Waals surface area contributed by atoms with Crippen LogP contribution in [0.25, 0.3) is 0 Å². The van der Waals surface area contributed by atoms with Gasteiger partial charge in [0.1, 0.15) is 0 Å². The molecule has 0 aromatic heterocycles. The van der Waals surface area contributed by atoms with E-state index in [9.17, 15) is 10.1 Å². The lowest BCUT2D eigenvalue weighted by Gasteiger charge is -2.14. The van der Waals surface area contributed by atoms with E-state index < -0.39 is 0 Å². The summed E-state index contributed by atoms with van der Waals surface area (Å²) in [5.41, 5.74) is 0.978. The summed E-state index contributed by atoms with van der Waals surface area (Å²) in [5.74, 6) is 0.862. The molecule has 0 spiro atoms. The highest BCUT2D eigenvalue weighted by molar-refractivity contribution is 5.51. The summed E-state index contributed by atoms with van der Waals surface area (Å²) in [6.07, 6.45) is 3.82. The van der Waals surface area contributed by atoms with Crippen LogP contribution >= 0.6 is 0 Å². The number of nitrogens with zero attached hydrogens (tertiary/aromatic N) is 1. The average molecular weight is 220 g/mol. The van der Waals surface area contributed by atoms with Gasteiger partial charge in [0.05, 0.1) is 4.92 Å². The van der Waals surface area contributed by atoms with E-state index in [1.807, 2.05) is 6.07 Å². The van der Waals surface area contributed by atoms with Crippen LogP contribution in [-0.4, -0.2) is 11.0 Å². The highest BCUT2D eigenvalue weighted by Gasteiger charge is 2.23. The van der Waals surface area contributed by atoms with E-state index in [4.69, 9.17) is 0 Å². The Labute approximate surface area is 94.8 Å². The highest BCUT2D eigenvalue weighted by atomic mass is 16.6. The molecular weight excluding hydrogens is 204 g/mol. The normalized spacial score (nSPS) is 16.8. The van der Waals surface area contributed by atoms with Gasteiger partial charge in [0.25, 0.3) is 5.69 Å². The molecule has 1 saturated carbocycles. The number of hydrogen-bond acceptors (Lipinski definition) is 3. The Morgan fingerprint density at radius 2 is 2.31 bits per heavy atom. The summed E-state index contributed by atoms with van der Waals surface area (Å²) < 4.78 is 0. The van der Waals surface area contributed by atoms with Crippen LogP contribution in [0.5, 0.6) is 0 Å². The molecule has 86 valence electrons. The van der Waals surface area contributed by atoms with Gasteiger partial charge in [0, 0.05) is 23.9 Å². The minimum atomic E-state index is -0.364. The first kappa shape index (κ1) is 10.9. The largest absolute Gasteiger partial charge is 0.382 e. The Bertz CT molecular complexity index is 388. The third-order valence-electron chi connectivity index (χ3n) is 2.85. The van der Waals surface area contributed by atoms with Gasteiger partial charge >= 0.3 is 0 Å². The number of anilines is 1. The number of benzene rings is 1. The second-order valence-electron chi connectivity index (χ2n) is 4.53. The first-order valence-electron chi connectivity index (χ1n) is 5.66. The van der Waals surface area contributed by atoms with Gasteiger partial charge in [-0.1, -0.05) is 18.9 Å². The maximum Gasteiger partial charge on any atom is 0.271 e. The van der Waals surface area contributed by atoms with E-state index in [1.54, 1.807) is 12.1 Å². The van der Waals surface area contributed by atoms with Crippen molar-refractivity contribution in [1.82, 2.24) is 0 Å². The van der Waals surface area contributed by atoms with E-state index in [-0.39, 0.29) is 10.6 Å². The van der Waals surface area contributed by atoms with Crippen LogP contribution in [0.1, 0.15) is 26.2 Å². The van der Waals surface area contributed by atoms with Crippen LogP contribution in [0.2, 0.25) is 0 Å². The summed E-state index contributed by atoms with van der Waals surface area (Å²) in [6.45, 7) is 2.12. The lowest BCUT2D eigenvalue weighted by molar-refractivity contribution is -0.384. The number of nitro groups is 1. The van der Waals surface area contributed by atoms with Crippen molar-refractivity contribution in [2.45, 2.75) is 32.2 Å². The van der Waals surface area contributed by atoms with Gasteiger partial charge in [0.15, 0.2) is 0 Å². The molecule has 1 aromatic rings. The van der Waals surface area contributed by atoms with Crippen molar-refractivity contribution in [3.63, 3.8) is 0 Å². The summed E-state index contributed by atoms with van der Waals surface area (Å²) in [6, 6.07) is 7.07. The molecule has 1 aliphatic rings. The van der Waals surface area contributed by atoms with Gasteiger partial charge in [-0.2, -0.15) is 0 Å². The SMILES string of the molecule is CC(CC1CC1)Nc1cccc([N+](=O)[O-])c1. The van der Waals surface area contributed by atoms with Crippen molar-refractivity contribution in [2.75, 3.05) is 5.32 Å². The fourth-order valence-electron chi connectivity index (χ4n) is 1.91. The van der Waals surface area contributed by atoms with Crippen molar-refractivity contribution in [3.05, 3.63) is 34.4 Å². The number of non-ortho nitro benzene ring substituents is 1. The van der Waals surface area contributed by atoms with Crippen molar-refractivity contribution in [2.24, 2.45) is 5.92 Å². The Morgan fingerprint density at radius 3 is 2.94 bits per heavy atom. The highest BCUT2D eigenvalue weighted by Crippen LogP contribution is 2.34. The third kappa shape index (κ3) is 2.95. The van der Waals surface area contributed by atoms with Crippen LogP contribution in [0, 0.1) is 16.0 Å². The molecule has 4 nitrogen and oxygen atoms in total. The molecule has 1 aliphatic carbocycles. The van der Waals surface area contributed by atoms with E-state index >= 15 is 0 Å². The molecule has 0 radical (unpaired) electrons. The molecule has 0 saturated heterocycles. The number of nitrogens with one attached hydrogen (secondary N) is 1. The molecule has 4 heteroatoms. The molecule has 1 atom stereocenters. The molecule has 1 fully saturated rings. The van der Waals surface area contributed by atoms with Crippen molar-refractivity contribution in [3.8, 4) is 0 Å². The maximum absolute atomic E-state index is 10.6. The van der Waals surface area contributed by atoms with Crippen LogP contribution < -0.4 is 5.32 Å². The average Bonchev–Trinajstić information content (AvgIpc) is 3.01. The van der Waals surface area contributed by atoms with Gasteiger partial charge in [-0.05, 0) is 25.3 Å². The predicted molar refractivity (Wildman–Crippen MR) is 63.5 cm³/mol. The van der Waals surface area contributed by atoms with E-state index in [2.05, 4.69) is 12.2 Å². The lowest BCUT2D eigenvalue weighted by atomic mass is 10.1. The Hall–Kier alpha value is -1.58. The van der Waals surface area contributed by atoms with Gasteiger partial charge in [-0.3, -0.25) is 10.1 Å². The molecule has 1 N–H and O–H groups in total. The molecule has 2 rings (SSSR count). The topological polar surface area (TPSA) is 55.2 Å². The summed E-state index contributed by atoms with van der Waals surface area (Å²) in [5, 5.41) is 13.9. The monoisotopic (exact) mass is 220 g/mol. The van der Waals surface area contributed by atoms with Gasteiger partial charge in [-0.15, -0.1) is 0 Å². The molecular formula is C12H16N2O2. The fraction of sp³-hybridized carbons (Fsp3) is 0.500. The van der Waals surface area contributed by atoms with Gasteiger partial charge < -0.3 is 5.32 Å². The van der Waals surface area contributed by atoms with Gasteiger partial charge in [-0.25, -0.2) is 0 Å². The molecule has 0 heterocycles.